The van der Waals surface area contributed by atoms with Crippen LogP contribution in [0.5, 0.6) is 5.75 Å². The van der Waals surface area contributed by atoms with Gasteiger partial charge in [-0.1, -0.05) is 6.92 Å². The molecule has 2 rings (SSSR count). The smallest absolute Gasteiger partial charge is 0.194 e. The van der Waals surface area contributed by atoms with E-state index in [1.807, 2.05) is 25.1 Å². The molecule has 0 fully saturated rings. The lowest BCUT2D eigenvalue weighted by molar-refractivity contribution is 0.412. The molecule has 0 N–H and O–H groups in total. The largest absolute Gasteiger partial charge is 0.496 e. The molecule has 1 aromatic heterocycles. The van der Waals surface area contributed by atoms with Crippen molar-refractivity contribution in [3.05, 3.63) is 34.8 Å². The Bertz CT molecular complexity index is 494. The first kappa shape index (κ1) is 11.2. The topological polar surface area (TPSA) is 35.3 Å². The first-order chi connectivity index (χ1) is 7.74. The van der Waals surface area contributed by atoms with Gasteiger partial charge in [0.05, 0.1) is 11.6 Å². The minimum atomic E-state index is 0.752. The number of aromatic nitrogens is 1. The number of hydrogen-bond acceptors (Lipinski definition) is 3. The van der Waals surface area contributed by atoms with Crippen LogP contribution in [0.25, 0.3) is 11.3 Å². The summed E-state index contributed by atoms with van der Waals surface area (Å²) >= 11 is 3.45. The number of ether oxygens (including phenoxy) is 1. The summed E-state index contributed by atoms with van der Waals surface area (Å²) in [6, 6.07) is 5.83. The van der Waals surface area contributed by atoms with Crippen molar-refractivity contribution in [2.75, 3.05) is 7.11 Å². The molecule has 0 unspecified atom stereocenters. The molecule has 2 aromatic rings. The van der Waals surface area contributed by atoms with Crippen molar-refractivity contribution in [1.29, 1.82) is 0 Å². The predicted molar refractivity (Wildman–Crippen MR) is 65.6 cm³/mol. The van der Waals surface area contributed by atoms with Crippen LogP contribution >= 0.6 is 15.9 Å². The van der Waals surface area contributed by atoms with Crippen LogP contribution in [0.1, 0.15) is 12.8 Å². The number of rotatable bonds is 3. The van der Waals surface area contributed by atoms with Crippen molar-refractivity contribution in [2.45, 2.75) is 13.3 Å². The Morgan fingerprint density at radius 3 is 2.81 bits per heavy atom. The van der Waals surface area contributed by atoms with Crippen molar-refractivity contribution >= 4 is 15.9 Å². The number of methoxy groups -OCH3 is 1. The lowest BCUT2D eigenvalue weighted by atomic mass is 10.2. The van der Waals surface area contributed by atoms with Crippen LogP contribution in [0.2, 0.25) is 0 Å². The van der Waals surface area contributed by atoms with Crippen LogP contribution in [0.15, 0.2) is 33.4 Å². The molecular formula is C12H12BrNO2. The minimum Gasteiger partial charge on any atom is -0.496 e. The molecular weight excluding hydrogens is 270 g/mol. The zero-order valence-electron chi connectivity index (χ0n) is 9.16. The van der Waals surface area contributed by atoms with Crippen LogP contribution in [0, 0.1) is 0 Å². The van der Waals surface area contributed by atoms with Gasteiger partial charge in [-0.25, -0.2) is 4.98 Å². The van der Waals surface area contributed by atoms with E-state index in [1.165, 1.54) is 0 Å². The summed E-state index contributed by atoms with van der Waals surface area (Å²) in [5.74, 6) is 1.56. The van der Waals surface area contributed by atoms with E-state index in [1.54, 1.807) is 13.4 Å². The summed E-state index contributed by atoms with van der Waals surface area (Å²) in [5, 5.41) is 0. The Labute approximate surface area is 103 Å². The highest BCUT2D eigenvalue weighted by Gasteiger charge is 2.07. The third-order valence-corrected chi connectivity index (χ3v) is 2.92. The maximum atomic E-state index is 5.31. The van der Waals surface area contributed by atoms with E-state index < -0.39 is 0 Å². The summed E-state index contributed by atoms with van der Waals surface area (Å²) in [6.45, 7) is 2.01. The van der Waals surface area contributed by atoms with Crippen molar-refractivity contribution in [3.63, 3.8) is 0 Å². The number of halogens is 1. The molecule has 4 heteroatoms. The summed E-state index contributed by atoms with van der Waals surface area (Å²) in [7, 11) is 1.64. The van der Waals surface area contributed by atoms with Gasteiger partial charge in [-0.2, -0.15) is 0 Å². The third kappa shape index (κ3) is 2.11. The monoisotopic (exact) mass is 281 g/mol. The van der Waals surface area contributed by atoms with Gasteiger partial charge in [0.25, 0.3) is 0 Å². The number of benzene rings is 1. The molecule has 3 nitrogen and oxygen atoms in total. The highest BCUT2D eigenvalue weighted by molar-refractivity contribution is 9.10. The van der Waals surface area contributed by atoms with Gasteiger partial charge in [0.15, 0.2) is 5.89 Å². The minimum absolute atomic E-state index is 0.752. The standard InChI is InChI=1S/C12H12BrNO2/c1-3-12-14-10(7-16-12)8-4-5-11(15-2)9(13)6-8/h4-7H,3H2,1-2H3. The van der Waals surface area contributed by atoms with Gasteiger partial charge < -0.3 is 9.15 Å². The number of nitrogens with zero attached hydrogens (tertiary/aromatic N) is 1. The van der Waals surface area contributed by atoms with Crippen molar-refractivity contribution in [2.24, 2.45) is 0 Å². The maximum Gasteiger partial charge on any atom is 0.194 e. The summed E-state index contributed by atoms with van der Waals surface area (Å²) in [5.41, 5.74) is 1.86. The molecule has 84 valence electrons. The third-order valence-electron chi connectivity index (χ3n) is 2.30. The zero-order valence-corrected chi connectivity index (χ0v) is 10.7. The Hall–Kier alpha value is -1.29. The van der Waals surface area contributed by atoms with Gasteiger partial charge in [-0.3, -0.25) is 0 Å². The highest BCUT2D eigenvalue weighted by Crippen LogP contribution is 2.30. The summed E-state index contributed by atoms with van der Waals surface area (Å²) in [6.07, 6.45) is 2.48. The summed E-state index contributed by atoms with van der Waals surface area (Å²) < 4.78 is 11.4. The molecule has 0 bridgehead atoms. The predicted octanol–water partition coefficient (Wildman–Crippen LogP) is 3.68. The van der Waals surface area contributed by atoms with Crippen LogP contribution in [0.3, 0.4) is 0 Å². The fraction of sp³-hybridized carbons (Fsp3) is 0.250. The van der Waals surface area contributed by atoms with Gasteiger partial charge in [0.2, 0.25) is 0 Å². The van der Waals surface area contributed by atoms with Crippen molar-refractivity contribution < 1.29 is 9.15 Å². The van der Waals surface area contributed by atoms with E-state index in [9.17, 15) is 0 Å². The highest BCUT2D eigenvalue weighted by atomic mass is 79.9. The zero-order chi connectivity index (χ0) is 11.5. The molecule has 0 aliphatic heterocycles. The van der Waals surface area contributed by atoms with Crippen molar-refractivity contribution in [3.8, 4) is 17.0 Å². The average molecular weight is 282 g/mol. The van der Waals surface area contributed by atoms with E-state index in [0.717, 1.165) is 33.8 Å². The fourth-order valence-corrected chi connectivity index (χ4v) is 1.97. The van der Waals surface area contributed by atoms with Gasteiger partial charge in [-0.05, 0) is 34.1 Å². The maximum absolute atomic E-state index is 5.31. The molecule has 1 heterocycles. The molecule has 0 radical (unpaired) electrons. The number of aryl methyl sites for hydroxylation is 1. The van der Waals surface area contributed by atoms with Gasteiger partial charge in [-0.15, -0.1) is 0 Å². The fourth-order valence-electron chi connectivity index (χ4n) is 1.43. The summed E-state index contributed by atoms with van der Waals surface area (Å²) in [4.78, 5) is 4.37. The number of hydrogen-bond donors (Lipinski definition) is 0. The lowest BCUT2D eigenvalue weighted by Crippen LogP contribution is -1.86. The van der Waals surface area contributed by atoms with E-state index in [2.05, 4.69) is 20.9 Å². The SMILES string of the molecule is CCc1nc(-c2ccc(OC)c(Br)c2)co1. The molecule has 1 aromatic carbocycles. The van der Waals surface area contributed by atoms with E-state index >= 15 is 0 Å². The normalized spacial score (nSPS) is 10.4. The molecule has 0 amide bonds. The van der Waals surface area contributed by atoms with Crippen LogP contribution < -0.4 is 4.74 Å². The quantitative estimate of drug-likeness (QED) is 0.861. The first-order valence-electron chi connectivity index (χ1n) is 5.03. The molecule has 16 heavy (non-hydrogen) atoms. The second kappa shape index (κ2) is 4.70. The Balaban J connectivity index is 2.37. The first-order valence-corrected chi connectivity index (χ1v) is 5.82. The van der Waals surface area contributed by atoms with E-state index in [0.29, 0.717) is 0 Å². The Morgan fingerprint density at radius 2 is 2.25 bits per heavy atom. The van der Waals surface area contributed by atoms with Crippen LogP contribution in [-0.4, -0.2) is 12.1 Å². The van der Waals surface area contributed by atoms with E-state index in [-0.39, 0.29) is 0 Å². The van der Waals surface area contributed by atoms with Crippen molar-refractivity contribution in [1.82, 2.24) is 4.98 Å². The molecule has 0 atom stereocenters. The van der Waals surface area contributed by atoms with Gasteiger partial charge in [0, 0.05) is 12.0 Å². The Kier molecular flexibility index (Phi) is 3.29. The van der Waals surface area contributed by atoms with Gasteiger partial charge in [0.1, 0.15) is 17.7 Å². The van der Waals surface area contributed by atoms with E-state index in [4.69, 9.17) is 9.15 Å². The number of oxazole rings is 1. The second-order valence-electron chi connectivity index (χ2n) is 3.33. The Morgan fingerprint density at radius 1 is 1.44 bits per heavy atom. The molecule has 0 spiro atoms. The van der Waals surface area contributed by atoms with Gasteiger partial charge >= 0.3 is 0 Å². The molecule has 0 saturated carbocycles. The van der Waals surface area contributed by atoms with Crippen LogP contribution in [0.4, 0.5) is 0 Å². The molecule has 0 aliphatic rings. The lowest BCUT2D eigenvalue weighted by Gasteiger charge is -2.03. The second-order valence-corrected chi connectivity index (χ2v) is 4.18. The molecule has 0 saturated heterocycles. The molecule has 0 aliphatic carbocycles. The van der Waals surface area contributed by atoms with Crippen LogP contribution in [-0.2, 0) is 6.42 Å². The average Bonchev–Trinajstić information content (AvgIpc) is 2.77.